The Labute approximate surface area is 96.5 Å². The van der Waals surface area contributed by atoms with Crippen LogP contribution in [0.25, 0.3) is 0 Å². The second kappa shape index (κ2) is 5.41. The van der Waals surface area contributed by atoms with E-state index in [1.54, 1.807) is 6.20 Å². The number of nitrogens with zero attached hydrogens (tertiary/aromatic N) is 1. The first kappa shape index (κ1) is 11.6. The van der Waals surface area contributed by atoms with Crippen LogP contribution in [0.5, 0.6) is 0 Å². The molecule has 1 aromatic heterocycles. The first-order chi connectivity index (χ1) is 7.83. The predicted octanol–water partition coefficient (Wildman–Crippen LogP) is 2.10. The second-order valence-electron chi connectivity index (χ2n) is 4.35. The van der Waals surface area contributed by atoms with E-state index in [9.17, 15) is 5.11 Å². The zero-order valence-electron chi connectivity index (χ0n) is 9.72. The molecule has 0 bridgehead atoms. The lowest BCUT2D eigenvalue weighted by molar-refractivity contribution is -0.0103. The molecule has 88 valence electrons. The monoisotopic (exact) mass is 221 g/mol. The Kier molecular flexibility index (Phi) is 3.91. The summed E-state index contributed by atoms with van der Waals surface area (Å²) in [5, 5.41) is 10.3. The summed E-state index contributed by atoms with van der Waals surface area (Å²) < 4.78 is 5.42. The molecule has 2 heterocycles. The van der Waals surface area contributed by atoms with Gasteiger partial charge in [0.1, 0.15) is 0 Å². The molecule has 1 fully saturated rings. The van der Waals surface area contributed by atoms with Gasteiger partial charge in [0.05, 0.1) is 12.7 Å². The summed E-state index contributed by atoms with van der Waals surface area (Å²) in [5.74, 6) is 0.237. The van der Waals surface area contributed by atoms with E-state index in [-0.39, 0.29) is 5.92 Å². The van der Waals surface area contributed by atoms with Crippen LogP contribution in [0.2, 0.25) is 0 Å². The third kappa shape index (κ3) is 2.42. The summed E-state index contributed by atoms with van der Waals surface area (Å²) in [7, 11) is 0. The number of aromatic nitrogens is 1. The van der Waals surface area contributed by atoms with Crippen molar-refractivity contribution in [2.45, 2.75) is 32.3 Å². The summed E-state index contributed by atoms with van der Waals surface area (Å²) in [6, 6.07) is 1.93. The molecule has 0 spiro atoms. The van der Waals surface area contributed by atoms with Crippen molar-refractivity contribution in [2.24, 2.45) is 5.92 Å². The van der Waals surface area contributed by atoms with Gasteiger partial charge < -0.3 is 9.84 Å². The van der Waals surface area contributed by atoms with Gasteiger partial charge in [-0.1, -0.05) is 6.92 Å². The van der Waals surface area contributed by atoms with E-state index in [0.717, 1.165) is 37.0 Å². The SMILES string of the molecule is CCc1cnccc1C(O)C1CCCOC1. The lowest BCUT2D eigenvalue weighted by Crippen LogP contribution is -2.24. The Morgan fingerprint density at radius 1 is 1.62 bits per heavy atom. The molecule has 1 aromatic rings. The van der Waals surface area contributed by atoms with Gasteiger partial charge in [-0.05, 0) is 36.5 Å². The van der Waals surface area contributed by atoms with E-state index in [0.29, 0.717) is 6.61 Å². The van der Waals surface area contributed by atoms with Gasteiger partial charge in [-0.3, -0.25) is 4.98 Å². The minimum Gasteiger partial charge on any atom is -0.388 e. The van der Waals surface area contributed by atoms with Crippen LogP contribution in [0.3, 0.4) is 0 Å². The van der Waals surface area contributed by atoms with Crippen molar-refractivity contribution < 1.29 is 9.84 Å². The van der Waals surface area contributed by atoms with Crippen molar-refractivity contribution in [3.8, 4) is 0 Å². The molecule has 0 saturated carbocycles. The van der Waals surface area contributed by atoms with Crippen molar-refractivity contribution in [3.05, 3.63) is 29.6 Å². The molecule has 1 aliphatic heterocycles. The summed E-state index contributed by atoms with van der Waals surface area (Å²) in [6.45, 7) is 3.59. The Hall–Kier alpha value is -0.930. The maximum atomic E-state index is 10.3. The highest BCUT2D eigenvalue weighted by Crippen LogP contribution is 2.30. The molecule has 3 nitrogen and oxygen atoms in total. The van der Waals surface area contributed by atoms with Gasteiger partial charge in [-0.2, -0.15) is 0 Å². The normalized spacial score (nSPS) is 23.0. The molecule has 16 heavy (non-hydrogen) atoms. The number of hydrogen-bond acceptors (Lipinski definition) is 3. The summed E-state index contributed by atoms with van der Waals surface area (Å²) in [6.07, 6.45) is 6.21. The second-order valence-corrected chi connectivity index (χ2v) is 4.35. The predicted molar refractivity (Wildman–Crippen MR) is 62.1 cm³/mol. The molecule has 1 saturated heterocycles. The minimum atomic E-state index is -0.404. The summed E-state index contributed by atoms with van der Waals surface area (Å²) in [4.78, 5) is 4.10. The highest BCUT2D eigenvalue weighted by atomic mass is 16.5. The molecule has 2 rings (SSSR count). The lowest BCUT2D eigenvalue weighted by Gasteiger charge is -2.27. The molecule has 2 atom stereocenters. The van der Waals surface area contributed by atoms with Crippen LogP contribution in [-0.4, -0.2) is 23.3 Å². The Morgan fingerprint density at radius 2 is 2.50 bits per heavy atom. The minimum absolute atomic E-state index is 0.237. The number of ether oxygens (including phenoxy) is 1. The molecule has 0 radical (unpaired) electrons. The molecule has 3 heteroatoms. The van der Waals surface area contributed by atoms with Crippen LogP contribution in [0, 0.1) is 5.92 Å². The molecular weight excluding hydrogens is 202 g/mol. The number of pyridine rings is 1. The number of aliphatic hydroxyl groups is 1. The topological polar surface area (TPSA) is 42.4 Å². The molecule has 1 aliphatic rings. The standard InChI is InChI=1S/C13H19NO2/c1-2-10-8-14-6-5-12(10)13(15)11-4-3-7-16-9-11/h5-6,8,11,13,15H,2-4,7,9H2,1H3. The average Bonchev–Trinajstić information content (AvgIpc) is 2.39. The lowest BCUT2D eigenvalue weighted by atomic mass is 9.89. The number of aryl methyl sites for hydroxylation is 1. The Balaban J connectivity index is 2.15. The molecular formula is C13H19NO2. The largest absolute Gasteiger partial charge is 0.388 e. The fourth-order valence-electron chi connectivity index (χ4n) is 2.29. The van der Waals surface area contributed by atoms with Gasteiger partial charge in [-0.15, -0.1) is 0 Å². The van der Waals surface area contributed by atoms with Crippen molar-refractivity contribution >= 4 is 0 Å². The van der Waals surface area contributed by atoms with Gasteiger partial charge in [0.2, 0.25) is 0 Å². The zero-order valence-corrected chi connectivity index (χ0v) is 9.72. The highest BCUT2D eigenvalue weighted by molar-refractivity contribution is 5.26. The average molecular weight is 221 g/mol. The van der Waals surface area contributed by atoms with E-state index in [2.05, 4.69) is 11.9 Å². The third-order valence-electron chi connectivity index (χ3n) is 3.28. The van der Waals surface area contributed by atoms with Crippen LogP contribution < -0.4 is 0 Å². The van der Waals surface area contributed by atoms with E-state index in [1.807, 2.05) is 12.3 Å². The molecule has 0 aromatic carbocycles. The van der Waals surface area contributed by atoms with Gasteiger partial charge in [0.25, 0.3) is 0 Å². The van der Waals surface area contributed by atoms with Crippen molar-refractivity contribution in [3.63, 3.8) is 0 Å². The van der Waals surface area contributed by atoms with Crippen LogP contribution in [0.1, 0.15) is 37.0 Å². The summed E-state index contributed by atoms with van der Waals surface area (Å²) in [5.41, 5.74) is 2.16. The van der Waals surface area contributed by atoms with Crippen molar-refractivity contribution in [2.75, 3.05) is 13.2 Å². The fourth-order valence-corrected chi connectivity index (χ4v) is 2.29. The number of hydrogen-bond donors (Lipinski definition) is 1. The quantitative estimate of drug-likeness (QED) is 0.850. The van der Waals surface area contributed by atoms with Crippen LogP contribution >= 0.6 is 0 Å². The van der Waals surface area contributed by atoms with Gasteiger partial charge in [-0.25, -0.2) is 0 Å². The van der Waals surface area contributed by atoms with Gasteiger partial charge in [0, 0.05) is 24.9 Å². The maximum absolute atomic E-state index is 10.3. The van der Waals surface area contributed by atoms with E-state index in [4.69, 9.17) is 4.74 Å². The van der Waals surface area contributed by atoms with E-state index in [1.165, 1.54) is 0 Å². The number of rotatable bonds is 3. The van der Waals surface area contributed by atoms with Crippen molar-refractivity contribution in [1.82, 2.24) is 4.98 Å². The molecule has 2 unspecified atom stereocenters. The molecule has 1 N–H and O–H groups in total. The van der Waals surface area contributed by atoms with E-state index >= 15 is 0 Å². The Morgan fingerprint density at radius 3 is 3.19 bits per heavy atom. The molecule has 0 amide bonds. The molecule has 0 aliphatic carbocycles. The summed E-state index contributed by atoms with van der Waals surface area (Å²) >= 11 is 0. The highest BCUT2D eigenvalue weighted by Gasteiger charge is 2.24. The van der Waals surface area contributed by atoms with Crippen LogP contribution in [-0.2, 0) is 11.2 Å². The first-order valence-corrected chi connectivity index (χ1v) is 6.01. The zero-order chi connectivity index (χ0) is 11.4. The maximum Gasteiger partial charge on any atom is 0.0843 e. The first-order valence-electron chi connectivity index (χ1n) is 6.01. The van der Waals surface area contributed by atoms with Gasteiger partial charge >= 0.3 is 0 Å². The smallest absolute Gasteiger partial charge is 0.0843 e. The van der Waals surface area contributed by atoms with Crippen LogP contribution in [0.4, 0.5) is 0 Å². The number of aliphatic hydroxyl groups excluding tert-OH is 1. The fraction of sp³-hybridized carbons (Fsp3) is 0.615. The third-order valence-corrected chi connectivity index (χ3v) is 3.28. The van der Waals surface area contributed by atoms with Crippen molar-refractivity contribution in [1.29, 1.82) is 0 Å². The Bertz CT molecular complexity index is 334. The van der Waals surface area contributed by atoms with Crippen LogP contribution in [0.15, 0.2) is 18.5 Å². The van der Waals surface area contributed by atoms with Gasteiger partial charge in [0.15, 0.2) is 0 Å². The van der Waals surface area contributed by atoms with E-state index < -0.39 is 6.10 Å².